The average molecular weight is 213 g/mol. The lowest BCUT2D eigenvalue weighted by Crippen LogP contribution is -2.03. The minimum atomic E-state index is -0.660. The second-order valence-corrected chi connectivity index (χ2v) is 3.33. The molecular weight excluding hydrogens is 201 g/mol. The van der Waals surface area contributed by atoms with Crippen LogP contribution in [0, 0.1) is 36.7 Å². The number of halogens is 1. The third-order valence-electron chi connectivity index (χ3n) is 2.53. The van der Waals surface area contributed by atoms with Gasteiger partial charge in [-0.25, -0.2) is 4.39 Å². The van der Waals surface area contributed by atoms with Crippen molar-refractivity contribution in [3.63, 3.8) is 0 Å². The lowest BCUT2D eigenvalue weighted by Gasteiger charge is -2.11. The zero-order chi connectivity index (χ0) is 11.7. The van der Waals surface area contributed by atoms with Crippen LogP contribution in [-0.2, 0) is 0 Å². The number of methoxy groups -OCH3 is 1. The number of nitrogens with zero attached hydrogens (tertiary/aromatic N) is 1. The van der Waals surface area contributed by atoms with Gasteiger partial charge in [0.2, 0.25) is 0 Å². The van der Waals surface area contributed by atoms with Crippen molar-refractivity contribution in [1.29, 1.82) is 0 Å². The lowest BCUT2D eigenvalue weighted by molar-refractivity contribution is -0.386. The number of hydrogen-bond acceptors (Lipinski definition) is 3. The van der Waals surface area contributed by atoms with Crippen molar-refractivity contribution in [2.24, 2.45) is 0 Å². The number of benzene rings is 1. The summed E-state index contributed by atoms with van der Waals surface area (Å²) in [6, 6.07) is 0. The zero-order valence-electron chi connectivity index (χ0n) is 9.05. The molecule has 0 radical (unpaired) electrons. The number of nitro groups is 1. The van der Waals surface area contributed by atoms with Gasteiger partial charge in [-0.2, -0.15) is 0 Å². The van der Waals surface area contributed by atoms with Crippen molar-refractivity contribution in [3.05, 3.63) is 32.6 Å². The van der Waals surface area contributed by atoms with Crippen LogP contribution in [0.15, 0.2) is 0 Å². The van der Waals surface area contributed by atoms with Crippen LogP contribution in [0.2, 0.25) is 0 Å². The molecule has 0 aliphatic heterocycles. The Balaban J connectivity index is 3.66. The van der Waals surface area contributed by atoms with E-state index in [0.29, 0.717) is 11.1 Å². The summed E-state index contributed by atoms with van der Waals surface area (Å²) in [4.78, 5) is 10.2. The van der Waals surface area contributed by atoms with E-state index < -0.39 is 10.7 Å². The van der Waals surface area contributed by atoms with E-state index in [0.717, 1.165) is 0 Å². The minimum Gasteiger partial charge on any atom is -0.493 e. The number of ether oxygens (including phenoxy) is 1. The van der Waals surface area contributed by atoms with Gasteiger partial charge in [-0.1, -0.05) is 0 Å². The molecule has 0 spiro atoms. The Kier molecular flexibility index (Phi) is 2.93. The molecule has 1 aromatic carbocycles. The first kappa shape index (κ1) is 11.4. The molecule has 82 valence electrons. The quantitative estimate of drug-likeness (QED) is 0.560. The summed E-state index contributed by atoms with van der Waals surface area (Å²) >= 11 is 0. The molecular formula is C10H12FNO3. The maximum Gasteiger partial charge on any atom is 0.278 e. The lowest BCUT2D eigenvalue weighted by atomic mass is 10.0. The molecule has 0 heterocycles. The number of hydrogen-bond donors (Lipinski definition) is 0. The van der Waals surface area contributed by atoms with Gasteiger partial charge in [0.05, 0.1) is 17.6 Å². The maximum atomic E-state index is 13.6. The Labute approximate surface area is 86.8 Å². The van der Waals surface area contributed by atoms with Crippen molar-refractivity contribution in [2.45, 2.75) is 20.8 Å². The highest BCUT2D eigenvalue weighted by atomic mass is 19.1. The summed E-state index contributed by atoms with van der Waals surface area (Å²) in [5.41, 5.74) is 0.744. The van der Waals surface area contributed by atoms with Gasteiger partial charge in [-0.05, 0) is 20.8 Å². The average Bonchev–Trinajstić information content (AvgIpc) is 2.16. The second kappa shape index (κ2) is 3.84. The third kappa shape index (κ3) is 1.65. The monoisotopic (exact) mass is 213 g/mol. The Morgan fingerprint density at radius 2 is 1.73 bits per heavy atom. The van der Waals surface area contributed by atoms with Crippen LogP contribution in [0.25, 0.3) is 0 Å². The smallest absolute Gasteiger partial charge is 0.278 e. The van der Waals surface area contributed by atoms with E-state index in [4.69, 9.17) is 4.74 Å². The molecule has 4 nitrogen and oxygen atoms in total. The Morgan fingerprint density at radius 3 is 2.13 bits per heavy atom. The Morgan fingerprint density at radius 1 is 1.20 bits per heavy atom. The summed E-state index contributed by atoms with van der Waals surface area (Å²) in [7, 11) is 1.34. The van der Waals surface area contributed by atoms with Gasteiger partial charge < -0.3 is 4.74 Å². The fourth-order valence-electron chi connectivity index (χ4n) is 1.58. The van der Waals surface area contributed by atoms with Crippen molar-refractivity contribution in [3.8, 4) is 5.75 Å². The van der Waals surface area contributed by atoms with Crippen molar-refractivity contribution >= 4 is 5.69 Å². The molecule has 15 heavy (non-hydrogen) atoms. The Bertz CT molecular complexity index is 400. The molecule has 0 unspecified atom stereocenters. The third-order valence-corrected chi connectivity index (χ3v) is 2.53. The predicted molar refractivity (Wildman–Crippen MR) is 53.8 cm³/mol. The van der Waals surface area contributed by atoms with E-state index in [1.54, 1.807) is 13.8 Å². The molecule has 0 aromatic heterocycles. The van der Waals surface area contributed by atoms with E-state index in [9.17, 15) is 14.5 Å². The highest BCUT2D eigenvalue weighted by Crippen LogP contribution is 2.35. The first-order valence-electron chi connectivity index (χ1n) is 4.39. The molecule has 0 bridgehead atoms. The van der Waals surface area contributed by atoms with Crippen LogP contribution >= 0.6 is 0 Å². The van der Waals surface area contributed by atoms with Gasteiger partial charge in [-0.3, -0.25) is 10.1 Å². The molecule has 0 fully saturated rings. The molecule has 1 rings (SSSR count). The van der Waals surface area contributed by atoms with E-state index in [1.165, 1.54) is 14.0 Å². The fourth-order valence-corrected chi connectivity index (χ4v) is 1.58. The van der Waals surface area contributed by atoms with Gasteiger partial charge in [0.25, 0.3) is 5.69 Å². The standard InChI is InChI=1S/C10H12FNO3/c1-5-6(2)10(15-4)8(11)7(3)9(5)12(13)14/h1-4H3. The van der Waals surface area contributed by atoms with Crippen molar-refractivity contribution in [1.82, 2.24) is 0 Å². The number of nitro benzene ring substituents is 1. The first-order chi connectivity index (χ1) is 6.91. The largest absolute Gasteiger partial charge is 0.493 e. The maximum absolute atomic E-state index is 13.6. The molecule has 1 aromatic rings. The van der Waals surface area contributed by atoms with Crippen LogP contribution in [0.4, 0.5) is 10.1 Å². The summed E-state index contributed by atoms with van der Waals surface area (Å²) in [6.45, 7) is 4.56. The van der Waals surface area contributed by atoms with Gasteiger partial charge in [0, 0.05) is 11.1 Å². The van der Waals surface area contributed by atoms with Gasteiger partial charge >= 0.3 is 0 Å². The number of rotatable bonds is 2. The zero-order valence-corrected chi connectivity index (χ0v) is 9.05. The van der Waals surface area contributed by atoms with Crippen molar-refractivity contribution < 1.29 is 14.1 Å². The van der Waals surface area contributed by atoms with Crippen molar-refractivity contribution in [2.75, 3.05) is 7.11 Å². The molecule has 0 aliphatic carbocycles. The predicted octanol–water partition coefficient (Wildman–Crippen LogP) is 2.67. The van der Waals surface area contributed by atoms with Gasteiger partial charge in [0.1, 0.15) is 0 Å². The van der Waals surface area contributed by atoms with Crippen LogP contribution in [0.5, 0.6) is 5.75 Å². The molecule has 0 saturated heterocycles. The molecule has 0 N–H and O–H groups in total. The Hall–Kier alpha value is -1.65. The highest BCUT2D eigenvalue weighted by molar-refractivity contribution is 5.57. The van der Waals surface area contributed by atoms with Crippen LogP contribution < -0.4 is 4.74 Å². The normalized spacial score (nSPS) is 10.2. The van der Waals surface area contributed by atoms with E-state index >= 15 is 0 Å². The van der Waals surface area contributed by atoms with E-state index in [1.807, 2.05) is 0 Å². The summed E-state index contributed by atoms with van der Waals surface area (Å²) < 4.78 is 18.5. The van der Waals surface area contributed by atoms with Crippen LogP contribution in [0.1, 0.15) is 16.7 Å². The summed E-state index contributed by atoms with van der Waals surface area (Å²) in [5.74, 6) is -0.581. The highest BCUT2D eigenvalue weighted by Gasteiger charge is 2.25. The van der Waals surface area contributed by atoms with Gasteiger partial charge in [0.15, 0.2) is 11.6 Å². The van der Waals surface area contributed by atoms with Crippen LogP contribution in [0.3, 0.4) is 0 Å². The molecule has 0 saturated carbocycles. The second-order valence-electron chi connectivity index (χ2n) is 3.33. The van der Waals surface area contributed by atoms with E-state index in [2.05, 4.69) is 0 Å². The molecule has 5 heteroatoms. The summed E-state index contributed by atoms with van der Waals surface area (Å²) in [6.07, 6.45) is 0. The van der Waals surface area contributed by atoms with Gasteiger partial charge in [-0.15, -0.1) is 0 Å². The molecule has 0 aliphatic rings. The van der Waals surface area contributed by atoms with Crippen LogP contribution in [-0.4, -0.2) is 12.0 Å². The first-order valence-corrected chi connectivity index (χ1v) is 4.39. The topological polar surface area (TPSA) is 52.4 Å². The molecule has 0 amide bonds. The van der Waals surface area contributed by atoms with E-state index in [-0.39, 0.29) is 17.0 Å². The summed E-state index contributed by atoms with van der Waals surface area (Å²) in [5, 5.41) is 10.7. The minimum absolute atomic E-state index is 0.0138. The SMILES string of the molecule is COc1c(C)c(C)c([N+](=O)[O-])c(C)c1F. The fraction of sp³-hybridized carbons (Fsp3) is 0.400. The molecule has 0 atom stereocenters.